The molecule has 0 aliphatic heterocycles. The van der Waals surface area contributed by atoms with Gasteiger partial charge < -0.3 is 4.40 Å². The number of nitrogens with zero attached hydrogens (tertiary/aromatic N) is 6. The van der Waals surface area contributed by atoms with Gasteiger partial charge in [0.1, 0.15) is 5.65 Å². The number of aromatic nitrogens is 6. The lowest BCUT2D eigenvalue weighted by atomic mass is 10.1. The van der Waals surface area contributed by atoms with Gasteiger partial charge in [0.25, 0.3) is 0 Å². The fourth-order valence-corrected chi connectivity index (χ4v) is 3.51. The van der Waals surface area contributed by atoms with Crippen molar-refractivity contribution in [3.05, 3.63) is 85.7 Å². The third kappa shape index (κ3) is 2.70. The highest BCUT2D eigenvalue weighted by Gasteiger charge is 2.08. The number of hydrogen-bond donors (Lipinski definition) is 0. The van der Waals surface area contributed by atoms with Gasteiger partial charge in [0.2, 0.25) is 0 Å². The zero-order valence-corrected chi connectivity index (χ0v) is 15.3. The van der Waals surface area contributed by atoms with Gasteiger partial charge in [0.05, 0.1) is 22.9 Å². The van der Waals surface area contributed by atoms with E-state index < -0.39 is 0 Å². The molecule has 0 saturated heterocycles. The first-order valence-corrected chi connectivity index (χ1v) is 9.25. The zero-order chi connectivity index (χ0) is 19.2. The van der Waals surface area contributed by atoms with Crippen molar-refractivity contribution >= 4 is 27.7 Å². The van der Waals surface area contributed by atoms with E-state index in [1.165, 1.54) is 0 Å². The van der Waals surface area contributed by atoms with Crippen LogP contribution in [-0.4, -0.2) is 29.3 Å². The second kappa shape index (κ2) is 6.17. The summed E-state index contributed by atoms with van der Waals surface area (Å²) < 4.78 is 1.98. The van der Waals surface area contributed by atoms with Crippen molar-refractivity contribution in [2.75, 3.05) is 0 Å². The molecular formula is C23H14N6. The molecule has 0 radical (unpaired) electrons. The van der Waals surface area contributed by atoms with Crippen LogP contribution in [0.25, 0.3) is 50.1 Å². The highest BCUT2D eigenvalue weighted by molar-refractivity contribution is 5.85. The van der Waals surface area contributed by atoms with Crippen LogP contribution in [0.4, 0.5) is 0 Å². The number of benzene rings is 1. The van der Waals surface area contributed by atoms with Gasteiger partial charge in [-0.1, -0.05) is 12.1 Å². The molecule has 0 fully saturated rings. The average molecular weight is 374 g/mol. The predicted octanol–water partition coefficient (Wildman–Crippen LogP) is 4.55. The van der Waals surface area contributed by atoms with Gasteiger partial charge in [-0.25, -0.2) is 19.9 Å². The summed E-state index contributed by atoms with van der Waals surface area (Å²) >= 11 is 0. The van der Waals surface area contributed by atoms with Crippen LogP contribution < -0.4 is 0 Å². The molecule has 6 aromatic rings. The van der Waals surface area contributed by atoms with Gasteiger partial charge in [0.15, 0.2) is 5.65 Å². The molecule has 0 aliphatic carbocycles. The minimum atomic E-state index is 0.702. The molecule has 5 aromatic heterocycles. The summed E-state index contributed by atoms with van der Waals surface area (Å²) in [5.41, 5.74) is 7.14. The van der Waals surface area contributed by atoms with E-state index in [2.05, 4.69) is 44.2 Å². The normalized spacial score (nSPS) is 11.4. The third-order valence-electron chi connectivity index (χ3n) is 5.01. The Morgan fingerprint density at radius 1 is 0.655 bits per heavy atom. The van der Waals surface area contributed by atoms with Crippen LogP contribution in [-0.2, 0) is 0 Å². The van der Waals surface area contributed by atoms with E-state index in [1.807, 2.05) is 47.3 Å². The van der Waals surface area contributed by atoms with Crippen molar-refractivity contribution in [2.45, 2.75) is 0 Å². The lowest BCUT2D eigenvalue weighted by Gasteiger charge is -2.06. The highest BCUT2D eigenvalue weighted by Crippen LogP contribution is 2.26. The molecule has 0 amide bonds. The highest BCUT2D eigenvalue weighted by atomic mass is 15.0. The Balaban J connectivity index is 1.47. The summed E-state index contributed by atoms with van der Waals surface area (Å²) in [6, 6.07) is 16.1. The first-order chi connectivity index (χ1) is 14.3. The van der Waals surface area contributed by atoms with Crippen molar-refractivity contribution in [1.29, 1.82) is 0 Å². The predicted molar refractivity (Wildman–Crippen MR) is 112 cm³/mol. The molecule has 6 rings (SSSR count). The van der Waals surface area contributed by atoms with E-state index >= 15 is 0 Å². The largest absolute Gasteiger partial charge is 0.307 e. The maximum Gasteiger partial charge on any atom is 0.159 e. The fraction of sp³-hybridized carbons (Fsp3) is 0. The molecule has 1 aromatic carbocycles. The molecule has 0 atom stereocenters. The van der Waals surface area contributed by atoms with Crippen molar-refractivity contribution in [3.8, 4) is 22.4 Å². The van der Waals surface area contributed by atoms with Gasteiger partial charge in [0, 0.05) is 47.5 Å². The van der Waals surface area contributed by atoms with E-state index in [1.54, 1.807) is 18.6 Å². The Labute approximate surface area is 165 Å². The Hall–Kier alpha value is -4.19. The second-order valence-corrected chi connectivity index (χ2v) is 6.85. The van der Waals surface area contributed by atoms with Gasteiger partial charge >= 0.3 is 0 Å². The summed E-state index contributed by atoms with van der Waals surface area (Å²) in [4.78, 5) is 22.7. The smallest absolute Gasteiger partial charge is 0.159 e. The molecule has 0 unspecified atom stereocenters. The van der Waals surface area contributed by atoms with E-state index in [0.717, 1.165) is 44.5 Å². The number of rotatable bonds is 2. The summed E-state index contributed by atoms with van der Waals surface area (Å²) in [6.45, 7) is 0. The Bertz CT molecular complexity index is 1520. The van der Waals surface area contributed by atoms with E-state index in [-0.39, 0.29) is 0 Å². The van der Waals surface area contributed by atoms with Gasteiger partial charge in [-0.05, 0) is 42.0 Å². The number of para-hydroxylation sites is 2. The standard InChI is InChI=1S/C23H14N6/c1-2-4-20-19(3-1)25-14-21(28-20)18-10-16-9-17(12-26-23(16)27-13-18)15-5-7-29-8-6-24-22(29)11-15/h1-14H. The van der Waals surface area contributed by atoms with Gasteiger partial charge in [-0.15, -0.1) is 0 Å². The minimum Gasteiger partial charge on any atom is -0.307 e. The Morgan fingerprint density at radius 2 is 1.48 bits per heavy atom. The van der Waals surface area contributed by atoms with Crippen molar-refractivity contribution in [3.63, 3.8) is 0 Å². The average Bonchev–Trinajstić information content (AvgIpc) is 3.26. The number of pyridine rings is 3. The first kappa shape index (κ1) is 15.8. The van der Waals surface area contributed by atoms with Gasteiger partial charge in [-0.3, -0.25) is 4.98 Å². The second-order valence-electron chi connectivity index (χ2n) is 6.85. The molecule has 6 nitrogen and oxygen atoms in total. The molecule has 0 aliphatic rings. The van der Waals surface area contributed by atoms with E-state index in [0.29, 0.717) is 5.65 Å². The van der Waals surface area contributed by atoms with Gasteiger partial charge in [-0.2, -0.15) is 0 Å². The molecule has 0 spiro atoms. The Kier molecular flexibility index (Phi) is 3.37. The lowest BCUT2D eigenvalue weighted by molar-refractivity contribution is 1.19. The lowest BCUT2D eigenvalue weighted by Crippen LogP contribution is -1.92. The SMILES string of the molecule is c1ccc2nc(-c3cnc4ncc(-c5ccn6ccnc6c5)cc4c3)cnc2c1. The fourth-order valence-electron chi connectivity index (χ4n) is 3.51. The molecule has 6 heteroatoms. The van der Waals surface area contributed by atoms with E-state index in [4.69, 9.17) is 4.98 Å². The van der Waals surface area contributed by atoms with Crippen LogP contribution in [0, 0.1) is 0 Å². The molecule has 0 saturated carbocycles. The van der Waals surface area contributed by atoms with Crippen molar-refractivity contribution in [1.82, 2.24) is 29.3 Å². The topological polar surface area (TPSA) is 68.9 Å². The van der Waals surface area contributed by atoms with Crippen molar-refractivity contribution in [2.24, 2.45) is 0 Å². The molecule has 5 heterocycles. The van der Waals surface area contributed by atoms with Crippen molar-refractivity contribution < 1.29 is 0 Å². The number of hydrogen-bond acceptors (Lipinski definition) is 5. The van der Waals surface area contributed by atoms with Crippen LogP contribution in [0.15, 0.2) is 85.7 Å². The van der Waals surface area contributed by atoms with Crippen LogP contribution in [0.2, 0.25) is 0 Å². The monoisotopic (exact) mass is 374 g/mol. The molecular weight excluding hydrogens is 360 g/mol. The summed E-state index contributed by atoms with van der Waals surface area (Å²) in [7, 11) is 0. The molecule has 0 N–H and O–H groups in total. The number of fused-ring (bicyclic) bond motifs is 3. The first-order valence-electron chi connectivity index (χ1n) is 9.25. The quantitative estimate of drug-likeness (QED) is 0.445. The molecule has 0 bridgehead atoms. The van der Waals surface area contributed by atoms with Crippen LogP contribution in [0.3, 0.4) is 0 Å². The maximum atomic E-state index is 4.73. The van der Waals surface area contributed by atoms with E-state index in [9.17, 15) is 0 Å². The van der Waals surface area contributed by atoms with Crippen LogP contribution in [0.1, 0.15) is 0 Å². The number of imidazole rings is 1. The minimum absolute atomic E-state index is 0.702. The Morgan fingerprint density at radius 3 is 2.41 bits per heavy atom. The summed E-state index contributed by atoms with van der Waals surface area (Å²) in [6.07, 6.45) is 11.1. The summed E-state index contributed by atoms with van der Waals surface area (Å²) in [5, 5.41) is 0.957. The molecule has 136 valence electrons. The van der Waals surface area contributed by atoms with Crippen LogP contribution >= 0.6 is 0 Å². The van der Waals surface area contributed by atoms with Crippen LogP contribution in [0.5, 0.6) is 0 Å². The summed E-state index contributed by atoms with van der Waals surface area (Å²) in [5.74, 6) is 0. The third-order valence-corrected chi connectivity index (χ3v) is 5.01. The zero-order valence-electron chi connectivity index (χ0n) is 15.3. The molecule has 29 heavy (non-hydrogen) atoms. The maximum absolute atomic E-state index is 4.73.